The normalized spacial score (nSPS) is 15.0. The van der Waals surface area contributed by atoms with Crippen molar-refractivity contribution >= 4 is 40.8 Å². The number of rotatable bonds is 5. The lowest BCUT2D eigenvalue weighted by molar-refractivity contribution is -0.122. The van der Waals surface area contributed by atoms with Crippen molar-refractivity contribution in [3.8, 4) is 0 Å². The minimum Gasteiger partial charge on any atom is -0.368 e. The number of pyridine rings is 1. The number of anilines is 1. The highest BCUT2D eigenvalue weighted by molar-refractivity contribution is 6.42. The molecule has 0 radical (unpaired) electrons. The van der Waals surface area contributed by atoms with Crippen molar-refractivity contribution in [3.63, 3.8) is 0 Å². The van der Waals surface area contributed by atoms with Gasteiger partial charge in [0.1, 0.15) is 6.04 Å². The van der Waals surface area contributed by atoms with E-state index in [1.807, 2.05) is 24.3 Å². The fourth-order valence-electron chi connectivity index (χ4n) is 3.04. The van der Waals surface area contributed by atoms with Crippen molar-refractivity contribution in [1.29, 1.82) is 0 Å². The molecule has 9 heteroatoms. The van der Waals surface area contributed by atoms with Gasteiger partial charge in [-0.05, 0) is 36.8 Å². The van der Waals surface area contributed by atoms with Crippen LogP contribution in [0.5, 0.6) is 0 Å². The second-order valence-electron chi connectivity index (χ2n) is 6.82. The molecule has 2 heterocycles. The lowest BCUT2D eigenvalue weighted by atomic mass is 10.2. The molecule has 0 spiro atoms. The van der Waals surface area contributed by atoms with Crippen LogP contribution in [0.3, 0.4) is 0 Å². The van der Waals surface area contributed by atoms with E-state index in [2.05, 4.69) is 20.5 Å². The Labute approximate surface area is 180 Å². The summed E-state index contributed by atoms with van der Waals surface area (Å²) in [5.41, 5.74) is 1.88. The summed E-state index contributed by atoms with van der Waals surface area (Å²) < 4.78 is 0. The number of nitrogens with zero attached hydrogens (tertiary/aromatic N) is 3. The van der Waals surface area contributed by atoms with Crippen LogP contribution < -0.4 is 15.5 Å². The third kappa shape index (κ3) is 5.74. The van der Waals surface area contributed by atoms with Gasteiger partial charge in [-0.2, -0.15) is 0 Å². The standard InChI is InChI=1S/C20H23Cl2N5O2/c1-14(19(28)24-13-15-3-2-6-23-12-15)25-20(29)27-9-7-26(8-10-27)16-4-5-17(21)18(22)11-16/h2-6,11-12,14H,7-10,13H2,1H3,(H,24,28)(H,25,29). The Hall–Kier alpha value is -2.51. The Morgan fingerprint density at radius 1 is 1.14 bits per heavy atom. The molecule has 2 N–H and O–H groups in total. The topological polar surface area (TPSA) is 77.6 Å². The number of amides is 3. The average molecular weight is 436 g/mol. The zero-order valence-corrected chi connectivity index (χ0v) is 17.6. The van der Waals surface area contributed by atoms with Crippen molar-refractivity contribution < 1.29 is 9.59 Å². The number of nitrogens with one attached hydrogen (secondary N) is 2. The molecule has 1 saturated heterocycles. The molecule has 0 aliphatic carbocycles. The van der Waals surface area contributed by atoms with E-state index >= 15 is 0 Å². The number of piperazine rings is 1. The molecule has 1 unspecified atom stereocenters. The van der Waals surface area contributed by atoms with Gasteiger partial charge in [0.2, 0.25) is 5.91 Å². The van der Waals surface area contributed by atoms with E-state index in [0.29, 0.717) is 42.8 Å². The summed E-state index contributed by atoms with van der Waals surface area (Å²) in [4.78, 5) is 32.6. The quantitative estimate of drug-likeness (QED) is 0.756. The summed E-state index contributed by atoms with van der Waals surface area (Å²) in [7, 11) is 0. The molecule has 1 fully saturated rings. The lowest BCUT2D eigenvalue weighted by Crippen LogP contribution is -2.55. The van der Waals surface area contributed by atoms with E-state index < -0.39 is 6.04 Å². The van der Waals surface area contributed by atoms with Crippen molar-refractivity contribution in [2.24, 2.45) is 0 Å². The summed E-state index contributed by atoms with van der Waals surface area (Å²) in [6, 6.07) is 8.32. The average Bonchev–Trinajstić information content (AvgIpc) is 2.74. The fourth-order valence-corrected chi connectivity index (χ4v) is 3.33. The largest absolute Gasteiger partial charge is 0.368 e. The molecule has 1 aliphatic rings. The van der Waals surface area contributed by atoms with Crippen LogP contribution in [0.4, 0.5) is 10.5 Å². The number of aromatic nitrogens is 1. The van der Waals surface area contributed by atoms with Crippen molar-refractivity contribution in [3.05, 3.63) is 58.3 Å². The summed E-state index contributed by atoms with van der Waals surface area (Å²) in [5.74, 6) is -0.239. The van der Waals surface area contributed by atoms with Gasteiger partial charge >= 0.3 is 6.03 Å². The van der Waals surface area contributed by atoms with Gasteiger partial charge in [0.05, 0.1) is 10.0 Å². The molecule has 1 aromatic heterocycles. The first kappa shape index (κ1) is 21.2. The smallest absolute Gasteiger partial charge is 0.318 e. The van der Waals surface area contributed by atoms with Crippen LogP contribution >= 0.6 is 23.2 Å². The van der Waals surface area contributed by atoms with E-state index in [9.17, 15) is 9.59 Å². The van der Waals surface area contributed by atoms with Crippen LogP contribution in [0.2, 0.25) is 10.0 Å². The predicted molar refractivity (Wildman–Crippen MR) is 114 cm³/mol. The molecule has 1 atom stereocenters. The van der Waals surface area contributed by atoms with E-state index in [-0.39, 0.29) is 11.9 Å². The molecular formula is C20H23Cl2N5O2. The molecule has 1 aliphatic heterocycles. The van der Waals surface area contributed by atoms with E-state index in [1.54, 1.807) is 30.3 Å². The van der Waals surface area contributed by atoms with Gasteiger partial charge in [-0.15, -0.1) is 0 Å². The summed E-state index contributed by atoms with van der Waals surface area (Å²) >= 11 is 12.1. The predicted octanol–water partition coefficient (Wildman–Crippen LogP) is 2.92. The van der Waals surface area contributed by atoms with Gasteiger partial charge in [0.25, 0.3) is 0 Å². The number of hydrogen-bond donors (Lipinski definition) is 2. The summed E-state index contributed by atoms with van der Waals surface area (Å²) in [6.45, 7) is 4.49. The molecule has 3 amide bonds. The van der Waals surface area contributed by atoms with Gasteiger partial charge in [-0.1, -0.05) is 29.3 Å². The number of benzene rings is 1. The van der Waals surface area contributed by atoms with E-state index in [4.69, 9.17) is 23.2 Å². The van der Waals surface area contributed by atoms with Gasteiger partial charge in [0, 0.05) is 50.8 Å². The maximum Gasteiger partial charge on any atom is 0.318 e. The van der Waals surface area contributed by atoms with Crippen LogP contribution in [-0.4, -0.2) is 54.0 Å². The highest BCUT2D eigenvalue weighted by Gasteiger charge is 2.24. The SMILES string of the molecule is CC(NC(=O)N1CCN(c2ccc(Cl)c(Cl)c2)CC1)C(=O)NCc1cccnc1. The Morgan fingerprint density at radius 2 is 1.90 bits per heavy atom. The Balaban J connectivity index is 1.45. The number of carbonyl (C=O) groups is 2. The third-order valence-corrected chi connectivity index (χ3v) is 5.50. The number of halogens is 2. The first-order valence-corrected chi connectivity index (χ1v) is 10.1. The van der Waals surface area contributed by atoms with Crippen LogP contribution in [0, 0.1) is 0 Å². The zero-order valence-electron chi connectivity index (χ0n) is 16.1. The van der Waals surface area contributed by atoms with Crippen molar-refractivity contribution in [1.82, 2.24) is 20.5 Å². The van der Waals surface area contributed by atoms with Crippen LogP contribution in [-0.2, 0) is 11.3 Å². The molecule has 3 rings (SSSR count). The molecule has 1 aromatic carbocycles. The molecule has 29 heavy (non-hydrogen) atoms. The molecule has 0 saturated carbocycles. The fraction of sp³-hybridized carbons (Fsp3) is 0.350. The minimum atomic E-state index is -0.632. The van der Waals surface area contributed by atoms with Crippen LogP contribution in [0.15, 0.2) is 42.7 Å². The Kier molecular flexibility index (Phi) is 7.17. The summed E-state index contributed by atoms with van der Waals surface area (Å²) in [5, 5.41) is 6.59. The molecule has 2 aromatic rings. The number of hydrogen-bond acceptors (Lipinski definition) is 4. The molecule has 0 bridgehead atoms. The van der Waals surface area contributed by atoms with E-state index in [0.717, 1.165) is 11.3 Å². The van der Waals surface area contributed by atoms with Crippen LogP contribution in [0.25, 0.3) is 0 Å². The maximum atomic E-state index is 12.5. The molecule has 7 nitrogen and oxygen atoms in total. The second kappa shape index (κ2) is 9.80. The van der Waals surface area contributed by atoms with Gasteiger partial charge < -0.3 is 20.4 Å². The minimum absolute atomic E-state index is 0.239. The van der Waals surface area contributed by atoms with Gasteiger partial charge in [-0.25, -0.2) is 4.79 Å². The second-order valence-corrected chi connectivity index (χ2v) is 7.64. The van der Waals surface area contributed by atoms with Crippen LogP contribution in [0.1, 0.15) is 12.5 Å². The third-order valence-electron chi connectivity index (χ3n) is 4.76. The Bertz CT molecular complexity index is 857. The molecule has 154 valence electrons. The summed E-state index contributed by atoms with van der Waals surface area (Å²) in [6.07, 6.45) is 3.37. The monoisotopic (exact) mass is 435 g/mol. The maximum absolute atomic E-state index is 12.5. The lowest BCUT2D eigenvalue weighted by Gasteiger charge is -2.36. The van der Waals surface area contributed by atoms with Gasteiger partial charge in [-0.3, -0.25) is 9.78 Å². The number of carbonyl (C=O) groups excluding carboxylic acids is 2. The van der Waals surface area contributed by atoms with Crippen molar-refractivity contribution in [2.75, 3.05) is 31.1 Å². The van der Waals surface area contributed by atoms with Gasteiger partial charge in [0.15, 0.2) is 0 Å². The first-order chi connectivity index (χ1) is 13.9. The first-order valence-electron chi connectivity index (χ1n) is 9.36. The molecular weight excluding hydrogens is 413 g/mol. The highest BCUT2D eigenvalue weighted by Crippen LogP contribution is 2.27. The van der Waals surface area contributed by atoms with Crippen molar-refractivity contribution in [2.45, 2.75) is 19.5 Å². The highest BCUT2D eigenvalue weighted by atomic mass is 35.5. The number of urea groups is 1. The van der Waals surface area contributed by atoms with E-state index in [1.165, 1.54) is 0 Å². The Morgan fingerprint density at radius 3 is 2.55 bits per heavy atom. The zero-order chi connectivity index (χ0) is 20.8.